The Kier molecular flexibility index (Phi) is 5.19. The van der Waals surface area contributed by atoms with Crippen LogP contribution in [-0.2, 0) is 9.63 Å². The highest BCUT2D eigenvalue weighted by molar-refractivity contribution is 9.13. The van der Waals surface area contributed by atoms with E-state index in [1.165, 1.54) is 14.2 Å². The molecule has 68 valence electrons. The molecule has 0 bridgehead atoms. The number of hydrogen-bond acceptors (Lipinski definition) is 4. The third-order valence-electron chi connectivity index (χ3n) is 1.16. The van der Waals surface area contributed by atoms with E-state index < -0.39 is 5.91 Å². The summed E-state index contributed by atoms with van der Waals surface area (Å²) in [7, 11) is 2.82. The van der Waals surface area contributed by atoms with Crippen molar-refractivity contribution in [3.63, 3.8) is 0 Å². The van der Waals surface area contributed by atoms with E-state index in [0.717, 1.165) is 11.3 Å². The number of likely N-dealkylation sites (N-methyl/N-ethyl adjacent to an activating group) is 1. The molecule has 0 fully saturated rings. The van der Waals surface area contributed by atoms with Crippen molar-refractivity contribution in [3.05, 3.63) is 9.39 Å². The summed E-state index contributed by atoms with van der Waals surface area (Å²) in [5.41, 5.74) is 0.141. The minimum absolute atomic E-state index is 0.141. The average Bonchev–Trinajstić information content (AvgIpc) is 2.03. The van der Waals surface area contributed by atoms with Crippen LogP contribution in [0.4, 0.5) is 0 Å². The molecule has 0 aliphatic carbocycles. The Balaban J connectivity index is 4.67. The molecule has 0 aromatic heterocycles. The summed E-state index contributed by atoms with van der Waals surface area (Å²) in [5.74, 6) is -0.422. The molecule has 0 aliphatic heterocycles. The van der Waals surface area contributed by atoms with Crippen LogP contribution in [0.1, 0.15) is 0 Å². The van der Waals surface area contributed by atoms with Gasteiger partial charge < -0.3 is 5.41 Å². The zero-order valence-electron chi connectivity index (χ0n) is 6.67. The van der Waals surface area contributed by atoms with Crippen molar-refractivity contribution < 1.29 is 9.63 Å². The van der Waals surface area contributed by atoms with Crippen molar-refractivity contribution in [2.45, 2.75) is 0 Å². The first kappa shape index (κ1) is 11.7. The molecular weight excluding hydrogens is 244 g/mol. The molecule has 0 aromatic rings. The fourth-order valence-electron chi connectivity index (χ4n) is 0.462. The SMILES string of the molecule is CON(C)C(=O)/C(C=N)=C(/S)Br. The lowest BCUT2D eigenvalue weighted by Gasteiger charge is -2.13. The van der Waals surface area contributed by atoms with Crippen LogP contribution >= 0.6 is 28.6 Å². The number of thiol groups is 1. The zero-order chi connectivity index (χ0) is 9.72. The predicted molar refractivity (Wildman–Crippen MR) is 53.5 cm³/mol. The highest BCUT2D eigenvalue weighted by atomic mass is 79.9. The molecule has 0 saturated heterocycles. The first-order chi connectivity index (χ1) is 5.54. The molecule has 0 atom stereocenters. The van der Waals surface area contributed by atoms with Crippen LogP contribution in [0.25, 0.3) is 0 Å². The lowest BCUT2D eigenvalue weighted by Crippen LogP contribution is -2.27. The minimum atomic E-state index is -0.422. The summed E-state index contributed by atoms with van der Waals surface area (Å²) in [4.78, 5) is 15.9. The Morgan fingerprint density at radius 1 is 1.75 bits per heavy atom. The van der Waals surface area contributed by atoms with E-state index in [1.807, 2.05) is 0 Å². The lowest BCUT2D eigenvalue weighted by atomic mass is 10.3. The molecular formula is C6H9BrN2O2S. The van der Waals surface area contributed by atoms with Gasteiger partial charge >= 0.3 is 0 Å². The van der Waals surface area contributed by atoms with Gasteiger partial charge in [-0.2, -0.15) is 0 Å². The number of nitrogens with one attached hydrogen (secondary N) is 1. The molecule has 4 nitrogen and oxygen atoms in total. The summed E-state index contributed by atoms with van der Waals surface area (Å²) < 4.78 is 0.311. The van der Waals surface area contributed by atoms with E-state index in [0.29, 0.717) is 3.81 Å². The van der Waals surface area contributed by atoms with E-state index in [4.69, 9.17) is 5.41 Å². The van der Waals surface area contributed by atoms with Gasteiger partial charge in [0.2, 0.25) is 0 Å². The molecule has 0 rings (SSSR count). The topological polar surface area (TPSA) is 53.4 Å². The number of amides is 1. The van der Waals surface area contributed by atoms with Gasteiger partial charge in [-0.1, -0.05) is 0 Å². The molecule has 0 unspecified atom stereocenters. The highest BCUT2D eigenvalue weighted by Gasteiger charge is 2.14. The normalized spacial score (nSPS) is 12.0. The van der Waals surface area contributed by atoms with Gasteiger partial charge in [-0.15, -0.1) is 12.6 Å². The third kappa shape index (κ3) is 2.96. The Morgan fingerprint density at radius 2 is 2.25 bits per heavy atom. The van der Waals surface area contributed by atoms with Crippen LogP contribution in [-0.4, -0.2) is 31.3 Å². The molecule has 1 N–H and O–H groups in total. The fourth-order valence-corrected chi connectivity index (χ4v) is 0.906. The molecule has 0 radical (unpaired) electrons. The number of nitrogens with zero attached hydrogens (tertiary/aromatic N) is 1. The van der Waals surface area contributed by atoms with Crippen LogP contribution in [0, 0.1) is 5.41 Å². The first-order valence-corrected chi connectivity index (χ1v) is 4.20. The predicted octanol–water partition coefficient (Wildman–Crippen LogP) is 1.19. The van der Waals surface area contributed by atoms with Gasteiger partial charge in [-0.05, 0) is 15.9 Å². The Morgan fingerprint density at radius 3 is 2.50 bits per heavy atom. The number of hydroxylamine groups is 2. The van der Waals surface area contributed by atoms with Crippen molar-refractivity contribution in [1.29, 1.82) is 5.41 Å². The van der Waals surface area contributed by atoms with Gasteiger partial charge in [0.1, 0.15) is 0 Å². The second-order valence-corrected chi connectivity index (χ2v) is 3.69. The number of hydrogen-bond donors (Lipinski definition) is 2. The van der Waals surface area contributed by atoms with Gasteiger partial charge in [0, 0.05) is 13.3 Å². The third-order valence-corrected chi connectivity index (χ3v) is 1.82. The molecule has 0 aromatic carbocycles. The van der Waals surface area contributed by atoms with Crippen molar-refractivity contribution in [2.75, 3.05) is 14.2 Å². The molecule has 0 heterocycles. The van der Waals surface area contributed by atoms with E-state index in [-0.39, 0.29) is 5.57 Å². The summed E-state index contributed by atoms with van der Waals surface area (Å²) >= 11 is 6.88. The molecule has 6 heteroatoms. The van der Waals surface area contributed by atoms with E-state index in [2.05, 4.69) is 33.4 Å². The van der Waals surface area contributed by atoms with Gasteiger partial charge in [0.25, 0.3) is 5.91 Å². The molecule has 0 aliphatic rings. The van der Waals surface area contributed by atoms with Crippen LogP contribution in [0.5, 0.6) is 0 Å². The van der Waals surface area contributed by atoms with E-state index >= 15 is 0 Å². The van der Waals surface area contributed by atoms with Crippen LogP contribution in [0.2, 0.25) is 0 Å². The zero-order valence-corrected chi connectivity index (χ0v) is 9.15. The summed E-state index contributed by atoms with van der Waals surface area (Å²) in [6, 6.07) is 0. The Bertz CT molecular complexity index is 226. The second kappa shape index (κ2) is 5.34. The number of rotatable bonds is 3. The van der Waals surface area contributed by atoms with Gasteiger partial charge in [0.05, 0.1) is 16.5 Å². The maximum atomic E-state index is 11.3. The smallest absolute Gasteiger partial charge is 0.280 e. The van der Waals surface area contributed by atoms with Crippen LogP contribution in [0.15, 0.2) is 9.39 Å². The van der Waals surface area contributed by atoms with Crippen molar-refractivity contribution >= 4 is 40.7 Å². The number of carbonyl (C=O) groups excluding carboxylic acids is 1. The summed E-state index contributed by atoms with van der Waals surface area (Å²) in [6.07, 6.45) is 0.912. The largest absolute Gasteiger partial charge is 0.308 e. The second-order valence-electron chi connectivity index (χ2n) is 1.83. The van der Waals surface area contributed by atoms with Crippen LogP contribution in [0.3, 0.4) is 0 Å². The fraction of sp³-hybridized carbons (Fsp3) is 0.333. The van der Waals surface area contributed by atoms with Gasteiger partial charge in [0.15, 0.2) is 0 Å². The Labute approximate surface area is 84.6 Å². The van der Waals surface area contributed by atoms with E-state index in [9.17, 15) is 4.79 Å². The molecule has 12 heavy (non-hydrogen) atoms. The summed E-state index contributed by atoms with van der Waals surface area (Å²) in [5, 5.41) is 7.94. The van der Waals surface area contributed by atoms with Crippen molar-refractivity contribution in [2.24, 2.45) is 0 Å². The highest BCUT2D eigenvalue weighted by Crippen LogP contribution is 2.16. The van der Waals surface area contributed by atoms with Gasteiger partial charge in [-0.25, -0.2) is 5.06 Å². The maximum Gasteiger partial charge on any atom is 0.280 e. The standard InChI is InChI=1S/C6H9BrN2O2S/c1-9(11-2)6(10)4(3-8)5(7)12/h3,8,12H,1-2H3/b5-4+,8-3?. The van der Waals surface area contributed by atoms with Gasteiger partial charge in [-0.3, -0.25) is 9.63 Å². The molecule has 0 spiro atoms. The monoisotopic (exact) mass is 252 g/mol. The van der Waals surface area contributed by atoms with Crippen LogP contribution < -0.4 is 0 Å². The minimum Gasteiger partial charge on any atom is -0.308 e. The first-order valence-electron chi connectivity index (χ1n) is 2.96. The van der Waals surface area contributed by atoms with E-state index in [1.54, 1.807) is 0 Å². The molecule has 1 amide bonds. The lowest BCUT2D eigenvalue weighted by molar-refractivity contribution is -0.163. The number of halogens is 1. The van der Waals surface area contributed by atoms with Crippen molar-refractivity contribution in [3.8, 4) is 0 Å². The molecule has 0 saturated carbocycles. The maximum absolute atomic E-state index is 11.3. The Hall–Kier alpha value is -0.330. The quantitative estimate of drug-likeness (QED) is 0.343. The van der Waals surface area contributed by atoms with Crippen molar-refractivity contribution in [1.82, 2.24) is 5.06 Å². The number of carbonyl (C=O) groups is 1. The average molecular weight is 253 g/mol. The summed E-state index contributed by atoms with van der Waals surface area (Å²) in [6.45, 7) is 0.